The van der Waals surface area contributed by atoms with Crippen molar-refractivity contribution in [2.75, 3.05) is 10.6 Å². The molecule has 4 rings (SSSR count). The van der Waals surface area contributed by atoms with E-state index in [1.807, 2.05) is 37.4 Å². The van der Waals surface area contributed by atoms with Gasteiger partial charge in [0.2, 0.25) is 5.95 Å². The van der Waals surface area contributed by atoms with Crippen LogP contribution in [0.15, 0.2) is 60.8 Å². The summed E-state index contributed by atoms with van der Waals surface area (Å²) in [6.45, 7) is 0. The number of rotatable bonds is 4. The van der Waals surface area contributed by atoms with Crippen molar-refractivity contribution in [3.05, 3.63) is 66.6 Å². The van der Waals surface area contributed by atoms with Gasteiger partial charge in [0.25, 0.3) is 0 Å². The van der Waals surface area contributed by atoms with E-state index in [0.717, 1.165) is 16.8 Å². The van der Waals surface area contributed by atoms with E-state index < -0.39 is 0 Å². The molecule has 0 unspecified atom stereocenters. The number of benzene rings is 2. The Morgan fingerprint density at radius 2 is 1.60 bits per heavy atom. The van der Waals surface area contributed by atoms with Gasteiger partial charge in [-0.15, -0.1) is 0 Å². The van der Waals surface area contributed by atoms with E-state index in [1.54, 1.807) is 23.0 Å². The fraction of sp³-hybridized carbons (Fsp3) is 0.0556. The van der Waals surface area contributed by atoms with E-state index in [4.69, 9.17) is 0 Å². The molecule has 7 heteroatoms. The van der Waals surface area contributed by atoms with Gasteiger partial charge in [-0.25, -0.2) is 4.39 Å². The smallest absolute Gasteiger partial charge is 0.231 e. The minimum absolute atomic E-state index is 0.286. The highest BCUT2D eigenvalue weighted by Gasteiger charge is 2.12. The summed E-state index contributed by atoms with van der Waals surface area (Å²) < 4.78 is 14.8. The first-order valence-corrected chi connectivity index (χ1v) is 7.73. The molecule has 0 saturated carbocycles. The summed E-state index contributed by atoms with van der Waals surface area (Å²) in [6, 6.07) is 15.8. The van der Waals surface area contributed by atoms with Gasteiger partial charge in [-0.2, -0.15) is 15.1 Å². The first-order valence-electron chi connectivity index (χ1n) is 7.73. The molecule has 0 aliphatic carbocycles. The highest BCUT2D eigenvalue weighted by Crippen LogP contribution is 2.26. The lowest BCUT2D eigenvalue weighted by Gasteiger charge is -2.10. The Labute approximate surface area is 143 Å². The molecule has 0 aliphatic rings. The summed E-state index contributed by atoms with van der Waals surface area (Å²) in [5.41, 5.74) is 2.31. The maximum absolute atomic E-state index is 13.1. The van der Waals surface area contributed by atoms with Crippen molar-refractivity contribution in [1.29, 1.82) is 0 Å². The standard InChI is InChI=1S/C18H15FN6/c1-25-17-15(11-20-25)16(21-14-9-7-12(19)8-10-14)23-18(24-17)22-13-5-3-2-4-6-13/h2-11H,1H3,(H2,21,22,23,24). The highest BCUT2D eigenvalue weighted by molar-refractivity contribution is 5.89. The third-order valence-electron chi connectivity index (χ3n) is 3.73. The van der Waals surface area contributed by atoms with Gasteiger partial charge in [-0.05, 0) is 36.4 Å². The number of aryl methyl sites for hydroxylation is 1. The lowest BCUT2D eigenvalue weighted by Crippen LogP contribution is -2.03. The zero-order valence-electron chi connectivity index (χ0n) is 13.4. The van der Waals surface area contributed by atoms with Crippen LogP contribution in [0.1, 0.15) is 0 Å². The normalized spacial score (nSPS) is 10.8. The maximum atomic E-state index is 13.1. The zero-order valence-corrected chi connectivity index (χ0v) is 13.4. The van der Waals surface area contributed by atoms with Crippen molar-refractivity contribution in [2.45, 2.75) is 0 Å². The molecule has 2 aromatic heterocycles. The van der Waals surface area contributed by atoms with E-state index in [2.05, 4.69) is 25.7 Å². The molecule has 0 aliphatic heterocycles. The zero-order chi connectivity index (χ0) is 17.2. The molecule has 0 spiro atoms. The fourth-order valence-corrected chi connectivity index (χ4v) is 2.49. The molecule has 4 aromatic rings. The lowest BCUT2D eigenvalue weighted by atomic mass is 10.3. The van der Waals surface area contributed by atoms with Gasteiger partial charge < -0.3 is 10.6 Å². The molecule has 2 heterocycles. The number of anilines is 4. The second-order valence-electron chi connectivity index (χ2n) is 5.52. The molecule has 2 N–H and O–H groups in total. The van der Waals surface area contributed by atoms with E-state index in [0.29, 0.717) is 17.4 Å². The summed E-state index contributed by atoms with van der Waals surface area (Å²) in [7, 11) is 1.82. The Bertz CT molecular complexity index is 1010. The van der Waals surface area contributed by atoms with Gasteiger partial charge in [0, 0.05) is 18.4 Å². The van der Waals surface area contributed by atoms with Gasteiger partial charge in [-0.1, -0.05) is 18.2 Å². The fourth-order valence-electron chi connectivity index (χ4n) is 2.49. The largest absolute Gasteiger partial charge is 0.339 e. The first-order chi connectivity index (χ1) is 12.2. The van der Waals surface area contributed by atoms with Crippen LogP contribution in [-0.2, 0) is 7.05 Å². The molecule has 0 atom stereocenters. The number of halogens is 1. The van der Waals surface area contributed by atoms with Gasteiger partial charge in [0.15, 0.2) is 5.65 Å². The van der Waals surface area contributed by atoms with Crippen LogP contribution in [-0.4, -0.2) is 19.7 Å². The van der Waals surface area contributed by atoms with Crippen molar-refractivity contribution in [3.63, 3.8) is 0 Å². The number of aromatic nitrogens is 4. The molecular weight excluding hydrogens is 319 g/mol. The summed E-state index contributed by atoms with van der Waals surface area (Å²) in [4.78, 5) is 9.07. The molecule has 2 aromatic carbocycles. The van der Waals surface area contributed by atoms with E-state index in [-0.39, 0.29) is 5.82 Å². The number of nitrogens with zero attached hydrogens (tertiary/aromatic N) is 4. The number of hydrogen-bond acceptors (Lipinski definition) is 5. The van der Waals surface area contributed by atoms with Crippen molar-refractivity contribution in [3.8, 4) is 0 Å². The Hall–Kier alpha value is -3.48. The lowest BCUT2D eigenvalue weighted by molar-refractivity contribution is 0.628. The first kappa shape index (κ1) is 15.1. The maximum Gasteiger partial charge on any atom is 0.231 e. The summed E-state index contributed by atoms with van der Waals surface area (Å²) in [6.07, 6.45) is 1.70. The molecule has 124 valence electrons. The SMILES string of the molecule is Cn1ncc2c(Nc3ccc(F)cc3)nc(Nc3ccccc3)nc21. The van der Waals surface area contributed by atoms with E-state index in [9.17, 15) is 4.39 Å². The number of hydrogen-bond donors (Lipinski definition) is 2. The van der Waals surface area contributed by atoms with E-state index in [1.165, 1.54) is 12.1 Å². The van der Waals surface area contributed by atoms with Crippen LogP contribution in [0.4, 0.5) is 27.5 Å². The minimum atomic E-state index is -0.286. The molecule has 0 saturated heterocycles. The molecular formula is C18H15FN6. The summed E-state index contributed by atoms with van der Waals surface area (Å²) in [5.74, 6) is 0.765. The number of fused-ring (bicyclic) bond motifs is 1. The third-order valence-corrected chi connectivity index (χ3v) is 3.73. The predicted octanol–water partition coefficient (Wildman–Crippen LogP) is 3.99. The topological polar surface area (TPSA) is 67.7 Å². The van der Waals surface area contributed by atoms with Crippen molar-refractivity contribution in [1.82, 2.24) is 19.7 Å². The van der Waals surface area contributed by atoms with Crippen molar-refractivity contribution >= 4 is 34.2 Å². The van der Waals surface area contributed by atoms with Gasteiger partial charge in [0.05, 0.1) is 11.6 Å². The van der Waals surface area contributed by atoms with E-state index >= 15 is 0 Å². The van der Waals surface area contributed by atoms with Crippen LogP contribution in [0.25, 0.3) is 11.0 Å². The van der Waals surface area contributed by atoms with Gasteiger partial charge >= 0.3 is 0 Å². The average molecular weight is 334 g/mol. The Balaban J connectivity index is 1.75. The van der Waals surface area contributed by atoms with Crippen LogP contribution in [0.2, 0.25) is 0 Å². The Kier molecular flexibility index (Phi) is 3.74. The van der Waals surface area contributed by atoms with Crippen LogP contribution < -0.4 is 10.6 Å². The van der Waals surface area contributed by atoms with Crippen molar-refractivity contribution < 1.29 is 4.39 Å². The monoisotopic (exact) mass is 334 g/mol. The second-order valence-corrected chi connectivity index (χ2v) is 5.52. The number of nitrogens with one attached hydrogen (secondary N) is 2. The van der Waals surface area contributed by atoms with Gasteiger partial charge in [-0.3, -0.25) is 4.68 Å². The molecule has 0 bridgehead atoms. The van der Waals surface area contributed by atoms with Crippen LogP contribution in [0.5, 0.6) is 0 Å². The van der Waals surface area contributed by atoms with Crippen LogP contribution >= 0.6 is 0 Å². The molecule has 0 amide bonds. The minimum Gasteiger partial charge on any atom is -0.339 e. The summed E-state index contributed by atoms with van der Waals surface area (Å²) in [5, 5.41) is 11.4. The number of para-hydroxylation sites is 1. The molecule has 6 nitrogen and oxygen atoms in total. The van der Waals surface area contributed by atoms with Crippen LogP contribution in [0.3, 0.4) is 0 Å². The van der Waals surface area contributed by atoms with Gasteiger partial charge in [0.1, 0.15) is 11.6 Å². The summed E-state index contributed by atoms with van der Waals surface area (Å²) >= 11 is 0. The second kappa shape index (κ2) is 6.20. The van der Waals surface area contributed by atoms with Crippen molar-refractivity contribution in [2.24, 2.45) is 7.05 Å². The Morgan fingerprint density at radius 3 is 2.36 bits per heavy atom. The van der Waals surface area contributed by atoms with Crippen LogP contribution in [0, 0.1) is 5.82 Å². The Morgan fingerprint density at radius 1 is 0.880 bits per heavy atom. The average Bonchev–Trinajstić information content (AvgIpc) is 2.99. The molecule has 0 fully saturated rings. The molecule has 25 heavy (non-hydrogen) atoms. The highest BCUT2D eigenvalue weighted by atomic mass is 19.1. The quantitative estimate of drug-likeness (QED) is 0.591. The predicted molar refractivity (Wildman–Crippen MR) is 95.7 cm³/mol. The third kappa shape index (κ3) is 3.12. The molecule has 0 radical (unpaired) electrons.